The van der Waals surface area contributed by atoms with Crippen molar-refractivity contribution in [2.24, 2.45) is 13.0 Å². The van der Waals surface area contributed by atoms with Gasteiger partial charge in [-0.25, -0.2) is 9.36 Å². The Morgan fingerprint density at radius 3 is 2.73 bits per heavy atom. The van der Waals surface area contributed by atoms with Crippen LogP contribution in [0.3, 0.4) is 0 Å². The Balaban J connectivity index is 1.94. The van der Waals surface area contributed by atoms with E-state index < -0.39 is 23.8 Å². The summed E-state index contributed by atoms with van der Waals surface area (Å²) in [5, 5.41) is 0. The minimum absolute atomic E-state index is 0.182. The topological polar surface area (TPSA) is 91.4 Å². The summed E-state index contributed by atoms with van der Waals surface area (Å²) in [6.45, 7) is 6.91. The maximum atomic E-state index is 13.2. The number of anilines is 2. The molecule has 9 heteroatoms. The summed E-state index contributed by atoms with van der Waals surface area (Å²) >= 11 is 0. The summed E-state index contributed by atoms with van der Waals surface area (Å²) in [5.41, 5.74) is 1.62. The lowest BCUT2D eigenvalue weighted by Crippen LogP contribution is -2.42. The molecule has 1 aliphatic rings. The van der Waals surface area contributed by atoms with E-state index >= 15 is 0 Å². The molecule has 2 aromatic heterocycles. The van der Waals surface area contributed by atoms with Crippen LogP contribution in [0.25, 0.3) is 11.2 Å². The molecule has 4 rings (SSSR count). The number of aromatic nitrogens is 4. The summed E-state index contributed by atoms with van der Waals surface area (Å²) in [5.74, 6) is 0.254. The molecule has 1 atom stereocenters. The van der Waals surface area contributed by atoms with E-state index in [9.17, 15) is 14.4 Å². The first-order chi connectivity index (χ1) is 14.3. The molecule has 1 unspecified atom stereocenters. The Hall–Kier alpha value is -3.36. The van der Waals surface area contributed by atoms with E-state index in [-0.39, 0.29) is 12.5 Å². The van der Waals surface area contributed by atoms with Crippen molar-refractivity contribution < 1.29 is 9.53 Å². The zero-order chi connectivity index (χ0) is 21.6. The molecule has 1 aliphatic heterocycles. The highest BCUT2D eigenvalue weighted by molar-refractivity contribution is 5.77. The van der Waals surface area contributed by atoms with Gasteiger partial charge >= 0.3 is 11.7 Å². The predicted molar refractivity (Wildman–Crippen MR) is 113 cm³/mol. The van der Waals surface area contributed by atoms with Crippen molar-refractivity contribution in [3.8, 4) is 0 Å². The summed E-state index contributed by atoms with van der Waals surface area (Å²) in [4.78, 5) is 44.7. The van der Waals surface area contributed by atoms with E-state index in [1.54, 1.807) is 14.0 Å². The SMILES string of the molecule is CCOC(=O)Cn1c(=O)c2c(nc3n2CC(C)CN3c2cccc(C)c2)n(C)c1=O. The lowest BCUT2D eigenvalue weighted by molar-refractivity contribution is -0.143. The van der Waals surface area contributed by atoms with E-state index in [0.717, 1.165) is 22.4 Å². The molecule has 0 radical (unpaired) electrons. The maximum absolute atomic E-state index is 13.2. The largest absolute Gasteiger partial charge is 0.465 e. The van der Waals surface area contributed by atoms with Gasteiger partial charge < -0.3 is 14.2 Å². The molecule has 0 saturated carbocycles. The molecule has 9 nitrogen and oxygen atoms in total. The van der Waals surface area contributed by atoms with Crippen LogP contribution in [0.15, 0.2) is 33.9 Å². The van der Waals surface area contributed by atoms with E-state index in [2.05, 4.69) is 22.9 Å². The fourth-order valence-corrected chi connectivity index (χ4v) is 3.99. The number of hydrogen-bond acceptors (Lipinski definition) is 6. The monoisotopic (exact) mass is 411 g/mol. The van der Waals surface area contributed by atoms with Crippen molar-refractivity contribution >= 4 is 28.8 Å². The van der Waals surface area contributed by atoms with Gasteiger partial charge in [0, 0.05) is 25.8 Å². The number of carbonyl (C=O) groups excluding carboxylic acids is 1. The Kier molecular flexibility index (Phi) is 4.97. The second-order valence-corrected chi connectivity index (χ2v) is 7.79. The summed E-state index contributed by atoms with van der Waals surface area (Å²) in [6.07, 6.45) is 0. The van der Waals surface area contributed by atoms with Crippen LogP contribution in [0.4, 0.5) is 11.6 Å². The van der Waals surface area contributed by atoms with E-state index in [0.29, 0.717) is 23.7 Å². The third-order valence-corrected chi connectivity index (χ3v) is 5.35. The van der Waals surface area contributed by atoms with Crippen LogP contribution in [-0.2, 0) is 29.7 Å². The van der Waals surface area contributed by atoms with Gasteiger partial charge in [0.15, 0.2) is 11.2 Å². The number of carbonyl (C=O) groups is 1. The highest BCUT2D eigenvalue weighted by Gasteiger charge is 2.30. The molecule has 0 N–H and O–H groups in total. The number of rotatable bonds is 4. The maximum Gasteiger partial charge on any atom is 0.333 e. The lowest BCUT2D eigenvalue weighted by Gasteiger charge is -2.33. The molecule has 0 spiro atoms. The Labute approximate surface area is 173 Å². The van der Waals surface area contributed by atoms with Crippen molar-refractivity contribution in [2.75, 3.05) is 18.1 Å². The van der Waals surface area contributed by atoms with Crippen LogP contribution in [0, 0.1) is 12.8 Å². The van der Waals surface area contributed by atoms with Crippen molar-refractivity contribution in [3.05, 3.63) is 50.7 Å². The molecule has 0 aliphatic carbocycles. The smallest absolute Gasteiger partial charge is 0.333 e. The molecular formula is C21H25N5O4. The first-order valence-electron chi connectivity index (χ1n) is 10.0. The number of aryl methyl sites for hydroxylation is 2. The minimum atomic E-state index is -0.621. The Bertz CT molecular complexity index is 1250. The number of benzene rings is 1. The first-order valence-corrected chi connectivity index (χ1v) is 10.0. The number of nitrogens with zero attached hydrogens (tertiary/aromatic N) is 5. The zero-order valence-electron chi connectivity index (χ0n) is 17.6. The zero-order valence-corrected chi connectivity index (χ0v) is 17.6. The van der Waals surface area contributed by atoms with Gasteiger partial charge in [-0.15, -0.1) is 0 Å². The van der Waals surface area contributed by atoms with Crippen LogP contribution in [0.2, 0.25) is 0 Å². The molecule has 1 aromatic carbocycles. The second kappa shape index (κ2) is 7.47. The van der Waals surface area contributed by atoms with E-state index in [1.165, 1.54) is 4.57 Å². The van der Waals surface area contributed by atoms with Crippen LogP contribution < -0.4 is 16.1 Å². The summed E-state index contributed by atoms with van der Waals surface area (Å²) in [6, 6.07) is 8.09. The number of imidazole rings is 1. The number of fused-ring (bicyclic) bond motifs is 3. The van der Waals surface area contributed by atoms with Gasteiger partial charge in [-0.1, -0.05) is 19.1 Å². The molecule has 0 amide bonds. The highest BCUT2D eigenvalue weighted by atomic mass is 16.5. The molecule has 0 bridgehead atoms. The van der Waals surface area contributed by atoms with Gasteiger partial charge in [0.1, 0.15) is 6.54 Å². The quantitative estimate of drug-likeness (QED) is 0.605. The van der Waals surface area contributed by atoms with Gasteiger partial charge in [-0.2, -0.15) is 4.98 Å². The fourth-order valence-electron chi connectivity index (χ4n) is 3.99. The number of hydrogen-bond donors (Lipinski definition) is 0. The van der Waals surface area contributed by atoms with Crippen LogP contribution in [0.1, 0.15) is 19.4 Å². The van der Waals surface area contributed by atoms with Crippen LogP contribution in [0.5, 0.6) is 0 Å². The van der Waals surface area contributed by atoms with Crippen LogP contribution >= 0.6 is 0 Å². The van der Waals surface area contributed by atoms with Gasteiger partial charge in [0.25, 0.3) is 5.56 Å². The highest BCUT2D eigenvalue weighted by Crippen LogP contribution is 2.33. The van der Waals surface area contributed by atoms with Gasteiger partial charge in [-0.05, 0) is 37.5 Å². The summed E-state index contributed by atoms with van der Waals surface area (Å²) in [7, 11) is 1.56. The molecule has 158 valence electrons. The Morgan fingerprint density at radius 2 is 2.03 bits per heavy atom. The molecule has 3 heterocycles. The molecule has 0 saturated heterocycles. The van der Waals surface area contributed by atoms with Crippen molar-refractivity contribution in [1.82, 2.24) is 18.7 Å². The van der Waals surface area contributed by atoms with Crippen molar-refractivity contribution in [3.63, 3.8) is 0 Å². The molecule has 0 fully saturated rings. The third kappa shape index (κ3) is 3.20. The van der Waals surface area contributed by atoms with E-state index in [4.69, 9.17) is 4.74 Å². The molecule has 3 aromatic rings. The fraction of sp³-hybridized carbons (Fsp3) is 0.429. The average molecular weight is 411 g/mol. The average Bonchev–Trinajstić information content (AvgIpc) is 3.08. The van der Waals surface area contributed by atoms with Gasteiger partial charge in [0.2, 0.25) is 5.95 Å². The van der Waals surface area contributed by atoms with Gasteiger partial charge in [-0.3, -0.25) is 14.2 Å². The Morgan fingerprint density at radius 1 is 1.27 bits per heavy atom. The lowest BCUT2D eigenvalue weighted by atomic mass is 10.1. The standard InChI is InChI=1S/C21H25N5O4/c1-5-30-16(27)12-26-19(28)17-18(23(4)21(26)29)22-20-24(10-14(3)11-25(17)20)15-8-6-7-13(2)9-15/h6-9,14H,5,10-12H2,1-4H3. The van der Waals surface area contributed by atoms with Crippen molar-refractivity contribution in [2.45, 2.75) is 33.9 Å². The van der Waals surface area contributed by atoms with E-state index in [1.807, 2.05) is 29.7 Å². The summed E-state index contributed by atoms with van der Waals surface area (Å²) < 4.78 is 9.03. The van der Waals surface area contributed by atoms with Crippen LogP contribution in [-0.4, -0.2) is 37.8 Å². The minimum Gasteiger partial charge on any atom is -0.465 e. The normalized spacial score (nSPS) is 16.0. The predicted octanol–water partition coefficient (Wildman–Crippen LogP) is 1.56. The molecular weight excluding hydrogens is 386 g/mol. The molecule has 30 heavy (non-hydrogen) atoms. The number of esters is 1. The number of ether oxygens (including phenoxy) is 1. The third-order valence-electron chi connectivity index (χ3n) is 5.35. The van der Waals surface area contributed by atoms with Gasteiger partial charge in [0.05, 0.1) is 6.61 Å². The first kappa shape index (κ1) is 19.9. The van der Waals surface area contributed by atoms with Crippen molar-refractivity contribution in [1.29, 1.82) is 0 Å². The second-order valence-electron chi connectivity index (χ2n) is 7.79.